The van der Waals surface area contributed by atoms with Gasteiger partial charge in [0.1, 0.15) is 18.1 Å². The van der Waals surface area contributed by atoms with E-state index in [4.69, 9.17) is 9.47 Å². The lowest BCUT2D eigenvalue weighted by Gasteiger charge is -2.12. The summed E-state index contributed by atoms with van der Waals surface area (Å²) in [5.74, 6) is 0.971. The van der Waals surface area contributed by atoms with Crippen LogP contribution in [0.3, 0.4) is 0 Å². The summed E-state index contributed by atoms with van der Waals surface area (Å²) in [4.78, 5) is 16.6. The molecule has 0 radical (unpaired) electrons. The lowest BCUT2D eigenvalue weighted by atomic mass is 10.1. The van der Waals surface area contributed by atoms with Crippen LogP contribution >= 0.6 is 0 Å². The van der Waals surface area contributed by atoms with E-state index in [1.807, 2.05) is 30.3 Å². The van der Waals surface area contributed by atoms with E-state index in [0.29, 0.717) is 29.4 Å². The second-order valence-electron chi connectivity index (χ2n) is 5.33. The fraction of sp³-hybridized carbons (Fsp3) is 0.100. The number of carbonyl (C=O) groups excluding carboxylic acids is 1. The van der Waals surface area contributed by atoms with E-state index in [-0.39, 0.29) is 5.91 Å². The normalized spacial score (nSPS) is 10.1. The van der Waals surface area contributed by atoms with Crippen LogP contribution in [-0.2, 0) is 6.61 Å². The minimum Gasteiger partial charge on any atom is -0.497 e. The molecule has 1 aromatic heterocycles. The van der Waals surface area contributed by atoms with E-state index in [9.17, 15) is 4.79 Å². The van der Waals surface area contributed by atoms with Crippen molar-refractivity contribution in [3.8, 4) is 11.5 Å². The molecule has 5 heteroatoms. The van der Waals surface area contributed by atoms with Gasteiger partial charge in [-0.3, -0.25) is 9.78 Å². The van der Waals surface area contributed by atoms with Crippen LogP contribution < -0.4 is 14.8 Å². The van der Waals surface area contributed by atoms with Gasteiger partial charge < -0.3 is 14.8 Å². The molecule has 0 spiro atoms. The minimum atomic E-state index is -0.237. The number of aromatic nitrogens is 1. The highest BCUT2D eigenvalue weighted by molar-refractivity contribution is 6.06. The summed E-state index contributed by atoms with van der Waals surface area (Å²) in [6.07, 6.45) is 3.42. The van der Waals surface area contributed by atoms with Crippen molar-refractivity contribution in [1.82, 2.24) is 4.98 Å². The molecule has 3 rings (SSSR count). The Morgan fingerprint density at radius 1 is 1.04 bits per heavy atom. The van der Waals surface area contributed by atoms with Crippen LogP contribution in [0.15, 0.2) is 73.1 Å². The molecular weight excluding hydrogens is 316 g/mol. The van der Waals surface area contributed by atoms with Crippen molar-refractivity contribution >= 4 is 11.6 Å². The highest BCUT2D eigenvalue weighted by Gasteiger charge is 2.13. The molecule has 3 aromatic rings. The molecule has 0 saturated carbocycles. The molecule has 1 amide bonds. The number of hydrogen-bond acceptors (Lipinski definition) is 4. The van der Waals surface area contributed by atoms with Crippen LogP contribution in [0.25, 0.3) is 0 Å². The fourth-order valence-corrected chi connectivity index (χ4v) is 2.32. The van der Waals surface area contributed by atoms with Crippen molar-refractivity contribution in [2.24, 2.45) is 0 Å². The van der Waals surface area contributed by atoms with Gasteiger partial charge in [-0.2, -0.15) is 0 Å². The molecule has 0 bridgehead atoms. The van der Waals surface area contributed by atoms with Gasteiger partial charge in [0.25, 0.3) is 5.91 Å². The largest absolute Gasteiger partial charge is 0.497 e. The number of nitrogens with zero attached hydrogens (tertiary/aromatic N) is 1. The number of methoxy groups -OCH3 is 1. The zero-order valence-electron chi connectivity index (χ0n) is 13.8. The zero-order valence-corrected chi connectivity index (χ0v) is 13.8. The predicted octanol–water partition coefficient (Wildman–Crippen LogP) is 3.92. The molecule has 5 nitrogen and oxygen atoms in total. The second-order valence-corrected chi connectivity index (χ2v) is 5.33. The van der Waals surface area contributed by atoms with Gasteiger partial charge in [-0.05, 0) is 42.0 Å². The van der Waals surface area contributed by atoms with E-state index in [0.717, 1.165) is 5.56 Å². The summed E-state index contributed by atoms with van der Waals surface area (Å²) in [7, 11) is 1.59. The molecule has 0 fully saturated rings. The summed E-state index contributed by atoms with van der Waals surface area (Å²) in [5.41, 5.74) is 2.12. The number of rotatable bonds is 6. The van der Waals surface area contributed by atoms with Gasteiger partial charge >= 0.3 is 0 Å². The van der Waals surface area contributed by atoms with E-state index < -0.39 is 0 Å². The third kappa shape index (κ3) is 4.35. The van der Waals surface area contributed by atoms with Gasteiger partial charge in [0.15, 0.2) is 0 Å². The molecule has 2 aromatic carbocycles. The number of hydrogen-bond donors (Lipinski definition) is 1. The van der Waals surface area contributed by atoms with E-state index in [1.54, 1.807) is 49.8 Å². The molecule has 0 saturated heterocycles. The van der Waals surface area contributed by atoms with Crippen molar-refractivity contribution in [3.63, 3.8) is 0 Å². The lowest BCUT2D eigenvalue weighted by Crippen LogP contribution is -2.13. The maximum Gasteiger partial charge on any atom is 0.259 e. The van der Waals surface area contributed by atoms with Crippen molar-refractivity contribution in [1.29, 1.82) is 0 Å². The summed E-state index contributed by atoms with van der Waals surface area (Å²) in [6.45, 7) is 0.367. The standard InChI is InChI=1S/C20H18N2O3/c1-24-17-6-4-5-16(13-17)22-20(23)18-7-2-3-8-19(18)25-14-15-9-11-21-12-10-15/h2-13H,14H2,1H3,(H,22,23). The van der Waals surface area contributed by atoms with Gasteiger partial charge in [0, 0.05) is 24.1 Å². The smallest absolute Gasteiger partial charge is 0.259 e. The van der Waals surface area contributed by atoms with Gasteiger partial charge in [-0.15, -0.1) is 0 Å². The Morgan fingerprint density at radius 2 is 1.84 bits per heavy atom. The average Bonchev–Trinajstić information content (AvgIpc) is 2.67. The topological polar surface area (TPSA) is 60.5 Å². The first-order chi connectivity index (χ1) is 12.3. The van der Waals surface area contributed by atoms with Crippen LogP contribution in [0.5, 0.6) is 11.5 Å². The molecule has 1 N–H and O–H groups in total. The van der Waals surface area contributed by atoms with Crippen LogP contribution in [0, 0.1) is 0 Å². The number of amides is 1. The summed E-state index contributed by atoms with van der Waals surface area (Å²) in [6, 6.07) is 18.1. The molecule has 25 heavy (non-hydrogen) atoms. The van der Waals surface area contributed by atoms with Crippen LogP contribution in [-0.4, -0.2) is 18.0 Å². The van der Waals surface area contributed by atoms with Gasteiger partial charge in [-0.25, -0.2) is 0 Å². The highest BCUT2D eigenvalue weighted by Crippen LogP contribution is 2.22. The maximum atomic E-state index is 12.6. The van der Waals surface area contributed by atoms with E-state index in [1.165, 1.54) is 0 Å². The Balaban J connectivity index is 1.74. The number of pyridine rings is 1. The van der Waals surface area contributed by atoms with Crippen molar-refractivity contribution in [2.75, 3.05) is 12.4 Å². The molecule has 0 aliphatic carbocycles. The highest BCUT2D eigenvalue weighted by atomic mass is 16.5. The molecule has 0 aliphatic rings. The van der Waals surface area contributed by atoms with Crippen molar-refractivity contribution in [2.45, 2.75) is 6.61 Å². The first-order valence-corrected chi connectivity index (χ1v) is 7.82. The molecule has 0 unspecified atom stereocenters. The number of nitrogens with one attached hydrogen (secondary N) is 1. The number of anilines is 1. The third-order valence-corrected chi connectivity index (χ3v) is 3.60. The van der Waals surface area contributed by atoms with Gasteiger partial charge in [0.2, 0.25) is 0 Å². The van der Waals surface area contributed by atoms with Crippen LogP contribution in [0.1, 0.15) is 15.9 Å². The van der Waals surface area contributed by atoms with Crippen LogP contribution in [0.2, 0.25) is 0 Å². The first-order valence-electron chi connectivity index (χ1n) is 7.82. The Morgan fingerprint density at radius 3 is 2.64 bits per heavy atom. The number of para-hydroxylation sites is 1. The maximum absolute atomic E-state index is 12.6. The Hall–Kier alpha value is -3.34. The quantitative estimate of drug-likeness (QED) is 0.742. The number of carbonyl (C=O) groups is 1. The fourth-order valence-electron chi connectivity index (χ4n) is 2.32. The molecule has 126 valence electrons. The number of ether oxygens (including phenoxy) is 2. The number of benzene rings is 2. The van der Waals surface area contributed by atoms with Crippen molar-refractivity contribution in [3.05, 3.63) is 84.2 Å². The Kier molecular flexibility index (Phi) is 5.26. The van der Waals surface area contributed by atoms with Crippen LogP contribution in [0.4, 0.5) is 5.69 Å². The Bertz CT molecular complexity index is 850. The molecule has 0 aliphatic heterocycles. The third-order valence-electron chi connectivity index (χ3n) is 3.60. The minimum absolute atomic E-state index is 0.237. The molecular formula is C20H18N2O3. The van der Waals surface area contributed by atoms with E-state index >= 15 is 0 Å². The first kappa shape index (κ1) is 16.5. The zero-order chi connectivity index (χ0) is 17.5. The summed E-state index contributed by atoms with van der Waals surface area (Å²) in [5, 5.41) is 2.86. The van der Waals surface area contributed by atoms with Crippen molar-refractivity contribution < 1.29 is 14.3 Å². The van der Waals surface area contributed by atoms with E-state index in [2.05, 4.69) is 10.3 Å². The van der Waals surface area contributed by atoms with Gasteiger partial charge in [-0.1, -0.05) is 18.2 Å². The van der Waals surface area contributed by atoms with Gasteiger partial charge in [0.05, 0.1) is 12.7 Å². The summed E-state index contributed by atoms with van der Waals surface area (Å²) >= 11 is 0. The monoisotopic (exact) mass is 334 g/mol. The SMILES string of the molecule is COc1cccc(NC(=O)c2ccccc2OCc2ccncc2)c1. The Labute approximate surface area is 146 Å². The molecule has 0 atom stereocenters. The second kappa shape index (κ2) is 7.97. The predicted molar refractivity (Wildman–Crippen MR) is 96.0 cm³/mol. The summed E-state index contributed by atoms with van der Waals surface area (Å²) < 4.78 is 11.0. The lowest BCUT2D eigenvalue weighted by molar-refractivity contribution is 0.102. The molecule has 1 heterocycles. The average molecular weight is 334 g/mol.